The highest BCUT2D eigenvalue weighted by molar-refractivity contribution is 4.98. The minimum absolute atomic E-state index is 0.502. The molecule has 2 N–H and O–H groups in total. The largest absolute Gasteiger partial charge is 0.325 e. The van der Waals surface area contributed by atoms with Gasteiger partial charge in [-0.3, -0.25) is 4.68 Å². The van der Waals surface area contributed by atoms with Gasteiger partial charge in [-0.1, -0.05) is 5.21 Å². The Morgan fingerprint density at radius 1 is 1.11 bits per heavy atom. The van der Waals surface area contributed by atoms with Gasteiger partial charge < -0.3 is 5.73 Å². The van der Waals surface area contributed by atoms with E-state index in [4.69, 9.17) is 5.73 Å². The van der Waals surface area contributed by atoms with Crippen molar-refractivity contribution in [1.29, 1.82) is 0 Å². The Labute approximate surface area is 108 Å². The van der Waals surface area contributed by atoms with Crippen molar-refractivity contribution >= 4 is 0 Å². The number of hydrogen-bond donors (Lipinski definition) is 1. The Balaban J connectivity index is 1.51. The Bertz CT molecular complexity index is 411. The van der Waals surface area contributed by atoms with E-state index >= 15 is 0 Å². The fourth-order valence-corrected chi connectivity index (χ4v) is 5.07. The first-order valence-electron chi connectivity index (χ1n) is 7.41. The molecule has 0 amide bonds. The standard InChI is InChI=1S/C14H22N4/c15-6-13-7-18(17-16-13)8-14-11-2-9-1-10(4-11)5-12(14)3-9/h7,9-12,14H,1-6,8,15H2. The fraction of sp³-hybridized carbons (Fsp3) is 0.857. The van der Waals surface area contributed by atoms with Crippen LogP contribution in [0.3, 0.4) is 0 Å². The van der Waals surface area contributed by atoms with Gasteiger partial charge in [-0.15, -0.1) is 5.10 Å². The van der Waals surface area contributed by atoms with E-state index in [1.807, 2.05) is 10.9 Å². The highest BCUT2D eigenvalue weighted by Gasteiger charge is 2.48. The fourth-order valence-electron chi connectivity index (χ4n) is 5.07. The first-order chi connectivity index (χ1) is 8.81. The molecule has 4 heteroatoms. The molecule has 4 aliphatic carbocycles. The van der Waals surface area contributed by atoms with Gasteiger partial charge in [0.05, 0.1) is 5.69 Å². The van der Waals surface area contributed by atoms with Crippen LogP contribution in [0.5, 0.6) is 0 Å². The maximum atomic E-state index is 5.60. The number of aromatic nitrogens is 3. The molecule has 0 saturated heterocycles. The van der Waals surface area contributed by atoms with Crippen LogP contribution in [0.2, 0.25) is 0 Å². The Morgan fingerprint density at radius 2 is 1.78 bits per heavy atom. The van der Waals surface area contributed by atoms with Gasteiger partial charge in [0.15, 0.2) is 0 Å². The summed E-state index contributed by atoms with van der Waals surface area (Å²) >= 11 is 0. The van der Waals surface area contributed by atoms with Crippen LogP contribution in [0.25, 0.3) is 0 Å². The third-order valence-corrected chi connectivity index (χ3v) is 5.62. The summed E-state index contributed by atoms with van der Waals surface area (Å²) in [6, 6.07) is 0. The van der Waals surface area contributed by atoms with Crippen LogP contribution in [0.15, 0.2) is 6.20 Å². The van der Waals surface area contributed by atoms with Gasteiger partial charge in [0, 0.05) is 19.3 Å². The molecule has 4 aliphatic rings. The van der Waals surface area contributed by atoms with E-state index in [9.17, 15) is 0 Å². The SMILES string of the molecule is NCc1cn(CC2C3CC4CC(C3)CC2C4)nn1. The monoisotopic (exact) mass is 246 g/mol. The smallest absolute Gasteiger partial charge is 0.0962 e. The summed E-state index contributed by atoms with van der Waals surface area (Å²) in [6.07, 6.45) is 9.49. The zero-order valence-corrected chi connectivity index (χ0v) is 10.8. The van der Waals surface area contributed by atoms with Crippen LogP contribution >= 0.6 is 0 Å². The van der Waals surface area contributed by atoms with Crippen molar-refractivity contribution in [2.75, 3.05) is 0 Å². The predicted molar refractivity (Wildman–Crippen MR) is 68.4 cm³/mol. The highest BCUT2D eigenvalue weighted by Crippen LogP contribution is 2.56. The molecule has 0 unspecified atom stereocenters. The van der Waals surface area contributed by atoms with Crippen LogP contribution < -0.4 is 5.73 Å². The molecule has 1 heterocycles. The van der Waals surface area contributed by atoms with E-state index in [2.05, 4.69) is 10.3 Å². The van der Waals surface area contributed by atoms with Crippen molar-refractivity contribution < 1.29 is 0 Å². The Morgan fingerprint density at radius 3 is 2.33 bits per heavy atom. The second-order valence-electron chi connectivity index (χ2n) is 6.73. The van der Waals surface area contributed by atoms with E-state index in [-0.39, 0.29) is 0 Å². The molecule has 98 valence electrons. The van der Waals surface area contributed by atoms with Crippen LogP contribution in [0.4, 0.5) is 0 Å². The number of nitrogens with two attached hydrogens (primary N) is 1. The normalized spacial score (nSPS) is 41.5. The van der Waals surface area contributed by atoms with E-state index in [1.54, 1.807) is 0 Å². The lowest BCUT2D eigenvalue weighted by Crippen LogP contribution is -2.46. The lowest BCUT2D eigenvalue weighted by molar-refractivity contribution is -0.0444. The summed E-state index contributed by atoms with van der Waals surface area (Å²) in [4.78, 5) is 0. The summed E-state index contributed by atoms with van der Waals surface area (Å²) in [5.74, 6) is 4.89. The van der Waals surface area contributed by atoms with Gasteiger partial charge in [0.1, 0.15) is 0 Å². The average molecular weight is 246 g/mol. The molecule has 4 bridgehead atoms. The number of nitrogens with zero attached hydrogens (tertiary/aromatic N) is 3. The molecular formula is C14H22N4. The molecular weight excluding hydrogens is 224 g/mol. The minimum Gasteiger partial charge on any atom is -0.325 e. The molecule has 0 atom stereocenters. The molecule has 0 radical (unpaired) electrons. The molecule has 5 rings (SSSR count). The lowest BCUT2D eigenvalue weighted by Gasteiger charge is -2.54. The first kappa shape index (κ1) is 11.0. The molecule has 1 aromatic heterocycles. The third-order valence-electron chi connectivity index (χ3n) is 5.62. The molecule has 0 aromatic carbocycles. The van der Waals surface area contributed by atoms with Crippen molar-refractivity contribution in [2.24, 2.45) is 35.3 Å². The van der Waals surface area contributed by atoms with Crippen molar-refractivity contribution in [3.05, 3.63) is 11.9 Å². The van der Waals surface area contributed by atoms with Crippen LogP contribution in [-0.4, -0.2) is 15.0 Å². The van der Waals surface area contributed by atoms with Crippen molar-refractivity contribution in [2.45, 2.75) is 45.2 Å². The van der Waals surface area contributed by atoms with Crippen LogP contribution in [-0.2, 0) is 13.1 Å². The van der Waals surface area contributed by atoms with Gasteiger partial charge in [-0.05, 0) is 61.7 Å². The molecule has 4 saturated carbocycles. The van der Waals surface area contributed by atoms with Gasteiger partial charge in [-0.25, -0.2) is 0 Å². The van der Waals surface area contributed by atoms with Gasteiger partial charge in [0.25, 0.3) is 0 Å². The zero-order chi connectivity index (χ0) is 12.1. The van der Waals surface area contributed by atoms with E-state index in [1.165, 1.54) is 32.1 Å². The van der Waals surface area contributed by atoms with Gasteiger partial charge in [-0.2, -0.15) is 0 Å². The second-order valence-corrected chi connectivity index (χ2v) is 6.73. The second kappa shape index (κ2) is 4.05. The predicted octanol–water partition coefficient (Wildman–Crippen LogP) is 1.81. The maximum absolute atomic E-state index is 5.60. The molecule has 0 spiro atoms. The average Bonchev–Trinajstić information content (AvgIpc) is 2.80. The quantitative estimate of drug-likeness (QED) is 0.885. The van der Waals surface area contributed by atoms with E-state index in [0.717, 1.165) is 41.8 Å². The van der Waals surface area contributed by atoms with Gasteiger partial charge in [0.2, 0.25) is 0 Å². The topological polar surface area (TPSA) is 56.7 Å². The summed E-state index contributed by atoms with van der Waals surface area (Å²) in [6.45, 7) is 1.57. The molecule has 4 nitrogen and oxygen atoms in total. The van der Waals surface area contributed by atoms with E-state index < -0.39 is 0 Å². The molecule has 18 heavy (non-hydrogen) atoms. The first-order valence-corrected chi connectivity index (χ1v) is 7.41. The maximum Gasteiger partial charge on any atom is 0.0962 e. The zero-order valence-electron chi connectivity index (χ0n) is 10.8. The Kier molecular flexibility index (Phi) is 2.47. The molecule has 0 aliphatic heterocycles. The summed E-state index contributed by atoms with van der Waals surface area (Å²) in [5, 5.41) is 8.33. The van der Waals surface area contributed by atoms with E-state index in [0.29, 0.717) is 6.54 Å². The van der Waals surface area contributed by atoms with Crippen molar-refractivity contribution in [1.82, 2.24) is 15.0 Å². The molecule has 1 aromatic rings. The van der Waals surface area contributed by atoms with Crippen molar-refractivity contribution in [3.8, 4) is 0 Å². The number of hydrogen-bond acceptors (Lipinski definition) is 3. The third kappa shape index (κ3) is 1.69. The summed E-state index contributed by atoms with van der Waals surface area (Å²) in [5.41, 5.74) is 6.51. The number of rotatable bonds is 3. The lowest BCUT2D eigenvalue weighted by atomic mass is 9.52. The van der Waals surface area contributed by atoms with Crippen molar-refractivity contribution in [3.63, 3.8) is 0 Å². The van der Waals surface area contributed by atoms with Crippen LogP contribution in [0.1, 0.15) is 37.8 Å². The minimum atomic E-state index is 0.502. The van der Waals surface area contributed by atoms with Gasteiger partial charge >= 0.3 is 0 Å². The molecule has 4 fully saturated rings. The highest BCUT2D eigenvalue weighted by atomic mass is 15.4. The summed E-state index contributed by atoms with van der Waals surface area (Å²) < 4.78 is 2.04. The van der Waals surface area contributed by atoms with Crippen LogP contribution in [0, 0.1) is 29.6 Å². The summed E-state index contributed by atoms with van der Waals surface area (Å²) in [7, 11) is 0. The Hall–Kier alpha value is -0.900.